The molecule has 0 saturated carbocycles. The molecular weight excluding hydrogens is 259 g/mol. The lowest BCUT2D eigenvalue weighted by Crippen LogP contribution is -1.92. The van der Waals surface area contributed by atoms with Crippen molar-refractivity contribution in [2.75, 3.05) is 0 Å². The SMILES string of the molecule is CC1=CC=C(c2ccc(-c3ccc(C)c(C)c3F)cc2)C1. The third-order valence-corrected chi connectivity index (χ3v) is 4.26. The molecule has 0 radical (unpaired) electrons. The molecule has 1 heteroatoms. The van der Waals surface area contributed by atoms with E-state index in [2.05, 4.69) is 31.2 Å². The van der Waals surface area contributed by atoms with E-state index in [0.717, 1.165) is 23.1 Å². The number of aryl methyl sites for hydroxylation is 1. The van der Waals surface area contributed by atoms with Gasteiger partial charge in [-0.25, -0.2) is 4.39 Å². The first-order valence-electron chi connectivity index (χ1n) is 7.29. The van der Waals surface area contributed by atoms with Crippen molar-refractivity contribution in [1.82, 2.24) is 0 Å². The summed E-state index contributed by atoms with van der Waals surface area (Å²) in [6, 6.07) is 12.0. The van der Waals surface area contributed by atoms with Crippen molar-refractivity contribution < 1.29 is 4.39 Å². The molecule has 3 rings (SSSR count). The normalized spacial score (nSPS) is 14.1. The fraction of sp³-hybridized carbons (Fsp3) is 0.200. The van der Waals surface area contributed by atoms with E-state index in [4.69, 9.17) is 0 Å². The Hall–Kier alpha value is -2.15. The zero-order valence-corrected chi connectivity index (χ0v) is 12.7. The van der Waals surface area contributed by atoms with Crippen molar-refractivity contribution in [3.8, 4) is 11.1 Å². The highest BCUT2D eigenvalue weighted by Gasteiger charge is 2.11. The summed E-state index contributed by atoms with van der Waals surface area (Å²) in [5.41, 5.74) is 7.27. The highest BCUT2D eigenvalue weighted by molar-refractivity contribution is 5.75. The maximum Gasteiger partial charge on any atom is 0.134 e. The molecule has 2 aromatic rings. The third kappa shape index (κ3) is 2.56. The molecule has 0 N–H and O–H groups in total. The number of hydrogen-bond acceptors (Lipinski definition) is 0. The lowest BCUT2D eigenvalue weighted by molar-refractivity contribution is 0.620. The summed E-state index contributed by atoms with van der Waals surface area (Å²) in [4.78, 5) is 0. The van der Waals surface area contributed by atoms with Crippen molar-refractivity contribution in [2.45, 2.75) is 27.2 Å². The van der Waals surface area contributed by atoms with Gasteiger partial charge >= 0.3 is 0 Å². The number of benzene rings is 2. The highest BCUT2D eigenvalue weighted by Crippen LogP contribution is 2.31. The quantitative estimate of drug-likeness (QED) is 0.647. The van der Waals surface area contributed by atoms with Crippen LogP contribution in [0.1, 0.15) is 30.0 Å². The van der Waals surface area contributed by atoms with Gasteiger partial charge in [-0.1, -0.05) is 54.1 Å². The Labute approximate surface area is 125 Å². The van der Waals surface area contributed by atoms with Crippen molar-refractivity contribution in [3.05, 3.63) is 76.6 Å². The summed E-state index contributed by atoms with van der Waals surface area (Å²) >= 11 is 0. The van der Waals surface area contributed by atoms with Gasteiger partial charge in [0.25, 0.3) is 0 Å². The molecule has 1 aliphatic rings. The number of hydrogen-bond donors (Lipinski definition) is 0. The number of rotatable bonds is 2. The monoisotopic (exact) mass is 278 g/mol. The van der Waals surface area contributed by atoms with Crippen LogP contribution in [0.25, 0.3) is 16.7 Å². The second-order valence-electron chi connectivity index (χ2n) is 5.83. The van der Waals surface area contributed by atoms with Crippen LogP contribution in [0.4, 0.5) is 4.39 Å². The molecule has 0 saturated heterocycles. The first kappa shape index (κ1) is 13.8. The second-order valence-corrected chi connectivity index (χ2v) is 5.83. The van der Waals surface area contributed by atoms with Gasteiger partial charge in [-0.3, -0.25) is 0 Å². The predicted octanol–water partition coefficient (Wildman–Crippen LogP) is 5.84. The first-order valence-corrected chi connectivity index (χ1v) is 7.29. The Morgan fingerprint density at radius 3 is 2.10 bits per heavy atom. The Morgan fingerprint density at radius 2 is 1.48 bits per heavy atom. The van der Waals surface area contributed by atoms with Crippen LogP contribution in [-0.2, 0) is 0 Å². The Morgan fingerprint density at radius 1 is 0.810 bits per heavy atom. The highest BCUT2D eigenvalue weighted by atomic mass is 19.1. The Bertz CT molecular complexity index is 746. The molecule has 21 heavy (non-hydrogen) atoms. The van der Waals surface area contributed by atoms with Crippen LogP contribution < -0.4 is 0 Å². The van der Waals surface area contributed by atoms with E-state index in [9.17, 15) is 4.39 Å². The van der Waals surface area contributed by atoms with Gasteiger partial charge in [0.1, 0.15) is 5.82 Å². The number of halogens is 1. The van der Waals surface area contributed by atoms with Gasteiger partial charge in [-0.15, -0.1) is 0 Å². The van der Waals surface area contributed by atoms with Crippen molar-refractivity contribution >= 4 is 5.57 Å². The molecule has 2 aromatic carbocycles. The lowest BCUT2D eigenvalue weighted by Gasteiger charge is -2.10. The van der Waals surface area contributed by atoms with E-state index in [0.29, 0.717) is 5.56 Å². The minimum Gasteiger partial charge on any atom is -0.206 e. The van der Waals surface area contributed by atoms with Crippen LogP contribution >= 0.6 is 0 Å². The average Bonchev–Trinajstić information content (AvgIpc) is 2.92. The summed E-state index contributed by atoms with van der Waals surface area (Å²) in [6.45, 7) is 5.91. The minimum atomic E-state index is -0.111. The predicted molar refractivity (Wildman–Crippen MR) is 87.7 cm³/mol. The molecule has 106 valence electrons. The van der Waals surface area contributed by atoms with Crippen LogP contribution in [0, 0.1) is 19.7 Å². The van der Waals surface area contributed by atoms with Gasteiger partial charge in [0, 0.05) is 5.56 Å². The van der Waals surface area contributed by atoms with E-state index in [-0.39, 0.29) is 5.82 Å². The second kappa shape index (κ2) is 5.33. The molecule has 0 amide bonds. The fourth-order valence-electron chi connectivity index (χ4n) is 2.73. The topological polar surface area (TPSA) is 0 Å². The molecule has 0 spiro atoms. The summed E-state index contributed by atoms with van der Waals surface area (Å²) in [7, 11) is 0. The Kier molecular flexibility index (Phi) is 3.50. The van der Waals surface area contributed by atoms with Gasteiger partial charge in [-0.2, -0.15) is 0 Å². The average molecular weight is 278 g/mol. The summed E-state index contributed by atoms with van der Waals surface area (Å²) < 4.78 is 14.4. The summed E-state index contributed by atoms with van der Waals surface area (Å²) in [5.74, 6) is -0.111. The van der Waals surface area contributed by atoms with Crippen LogP contribution in [0.3, 0.4) is 0 Å². The van der Waals surface area contributed by atoms with E-state index in [1.54, 1.807) is 0 Å². The van der Waals surface area contributed by atoms with Gasteiger partial charge in [0.05, 0.1) is 0 Å². The summed E-state index contributed by atoms with van der Waals surface area (Å²) in [5, 5.41) is 0. The smallest absolute Gasteiger partial charge is 0.134 e. The molecule has 0 nitrogen and oxygen atoms in total. The van der Waals surface area contributed by atoms with Gasteiger partial charge in [0.2, 0.25) is 0 Å². The van der Waals surface area contributed by atoms with Gasteiger partial charge < -0.3 is 0 Å². The van der Waals surface area contributed by atoms with Gasteiger partial charge in [-0.05, 0) is 55.0 Å². The van der Waals surface area contributed by atoms with Crippen LogP contribution in [0.5, 0.6) is 0 Å². The molecule has 0 unspecified atom stereocenters. The molecule has 0 atom stereocenters. The van der Waals surface area contributed by atoms with E-state index < -0.39 is 0 Å². The molecular formula is C20H19F. The van der Waals surface area contributed by atoms with E-state index in [1.165, 1.54) is 16.7 Å². The standard InChI is InChI=1S/C20H19F/c1-13-4-6-18(12-13)16-7-9-17(10-8-16)19-11-5-14(2)15(3)20(19)21/h4-11H,12H2,1-3H3. The van der Waals surface area contributed by atoms with Crippen molar-refractivity contribution in [1.29, 1.82) is 0 Å². The fourth-order valence-corrected chi connectivity index (χ4v) is 2.73. The van der Waals surface area contributed by atoms with Crippen LogP contribution in [0.2, 0.25) is 0 Å². The molecule has 0 aliphatic heterocycles. The maximum atomic E-state index is 14.4. The third-order valence-electron chi connectivity index (χ3n) is 4.26. The number of allylic oxidation sites excluding steroid dienone is 4. The largest absolute Gasteiger partial charge is 0.206 e. The molecule has 0 heterocycles. The minimum absolute atomic E-state index is 0.111. The Balaban J connectivity index is 1.93. The zero-order chi connectivity index (χ0) is 15.0. The summed E-state index contributed by atoms with van der Waals surface area (Å²) in [6.07, 6.45) is 5.34. The molecule has 1 aliphatic carbocycles. The van der Waals surface area contributed by atoms with Crippen molar-refractivity contribution in [2.24, 2.45) is 0 Å². The van der Waals surface area contributed by atoms with Crippen LogP contribution in [0.15, 0.2) is 54.1 Å². The zero-order valence-electron chi connectivity index (χ0n) is 12.7. The molecule has 0 aromatic heterocycles. The molecule has 0 bridgehead atoms. The van der Waals surface area contributed by atoms with E-state index >= 15 is 0 Å². The van der Waals surface area contributed by atoms with Gasteiger partial charge in [0.15, 0.2) is 0 Å². The van der Waals surface area contributed by atoms with E-state index in [1.807, 2.05) is 38.1 Å². The first-order chi connectivity index (χ1) is 10.1. The maximum absolute atomic E-state index is 14.4. The lowest BCUT2D eigenvalue weighted by atomic mass is 9.96. The van der Waals surface area contributed by atoms with Crippen molar-refractivity contribution in [3.63, 3.8) is 0 Å². The molecule has 0 fully saturated rings. The van der Waals surface area contributed by atoms with Crippen LogP contribution in [-0.4, -0.2) is 0 Å².